The van der Waals surface area contributed by atoms with E-state index < -0.39 is 11.7 Å². The van der Waals surface area contributed by atoms with Gasteiger partial charge in [-0.3, -0.25) is 0 Å². The van der Waals surface area contributed by atoms with Crippen LogP contribution in [0.3, 0.4) is 0 Å². The van der Waals surface area contributed by atoms with Crippen molar-refractivity contribution in [2.75, 3.05) is 0 Å². The zero-order valence-corrected chi connectivity index (χ0v) is 32.4. The minimum atomic E-state index is -4.71. The molecule has 0 bridgehead atoms. The number of alkyl halides is 3. The molecule has 0 aliphatic heterocycles. The number of hydrogen-bond acceptors (Lipinski definition) is 1. The molecule has 4 aromatic heterocycles. The number of hydrogen-bond donors (Lipinski definition) is 0. The van der Waals surface area contributed by atoms with Crippen molar-refractivity contribution in [1.82, 2.24) is 18.3 Å². The summed E-state index contributed by atoms with van der Waals surface area (Å²) in [5.41, 5.74) is 8.68. The first kappa shape index (κ1) is 34.3. The van der Waals surface area contributed by atoms with E-state index in [-0.39, 0.29) is 0 Å². The summed E-state index contributed by atoms with van der Waals surface area (Å²) in [4.78, 5) is 0. The summed E-state index contributed by atoms with van der Waals surface area (Å²) in [7, 11) is 4.06. The third-order valence-electron chi connectivity index (χ3n) is 12.6. The van der Waals surface area contributed by atoms with Crippen LogP contribution in [0.2, 0.25) is 0 Å². The molecule has 0 saturated heterocycles. The van der Waals surface area contributed by atoms with E-state index in [1.165, 1.54) is 12.1 Å². The van der Waals surface area contributed by atoms with E-state index in [1.807, 2.05) is 108 Å². The number of aromatic nitrogens is 4. The van der Waals surface area contributed by atoms with E-state index in [0.717, 1.165) is 87.2 Å². The molecule has 0 spiro atoms. The van der Waals surface area contributed by atoms with Crippen molar-refractivity contribution in [3.05, 3.63) is 169 Å². The Morgan fingerprint density at radius 2 is 0.900 bits per heavy atom. The highest BCUT2D eigenvalue weighted by atomic mass is 19.4. The van der Waals surface area contributed by atoms with Crippen LogP contribution in [-0.2, 0) is 20.3 Å². The third-order valence-corrected chi connectivity index (χ3v) is 12.6. The molecule has 0 atom stereocenters. The monoisotopic (exact) mass is 783 g/mol. The van der Waals surface area contributed by atoms with Gasteiger partial charge in [-0.25, -0.2) is 0 Å². The number of para-hydroxylation sites is 4. The predicted molar refractivity (Wildman–Crippen MR) is 238 cm³/mol. The van der Waals surface area contributed by atoms with E-state index in [9.17, 15) is 5.26 Å². The zero-order chi connectivity index (χ0) is 40.6. The lowest BCUT2D eigenvalue weighted by atomic mass is 9.96. The van der Waals surface area contributed by atoms with Crippen LogP contribution in [0.25, 0.3) is 110 Å². The van der Waals surface area contributed by atoms with Crippen molar-refractivity contribution in [2.45, 2.75) is 6.18 Å². The van der Waals surface area contributed by atoms with E-state index in [2.05, 4.69) is 63.7 Å². The maximum absolute atomic E-state index is 15.8. The quantitative estimate of drug-likeness (QED) is 0.176. The van der Waals surface area contributed by atoms with Gasteiger partial charge < -0.3 is 18.3 Å². The van der Waals surface area contributed by atoms with Crippen molar-refractivity contribution >= 4 is 87.2 Å². The molecule has 4 heterocycles. The summed E-state index contributed by atoms with van der Waals surface area (Å²) in [5, 5.41) is 17.9. The minimum absolute atomic E-state index is 0.359. The lowest BCUT2D eigenvalue weighted by Gasteiger charge is -2.23. The summed E-state index contributed by atoms with van der Waals surface area (Å²) < 4.78 is 55.8. The van der Waals surface area contributed by atoms with E-state index in [0.29, 0.717) is 28.1 Å². The number of benzene rings is 8. The van der Waals surface area contributed by atoms with Crippen LogP contribution >= 0.6 is 0 Å². The molecule has 5 nitrogen and oxygen atoms in total. The molecule has 0 aliphatic rings. The second-order valence-electron chi connectivity index (χ2n) is 15.6. The van der Waals surface area contributed by atoms with E-state index in [4.69, 9.17) is 0 Å². The topological polar surface area (TPSA) is 43.5 Å². The second-order valence-corrected chi connectivity index (χ2v) is 15.6. The van der Waals surface area contributed by atoms with Gasteiger partial charge in [0.1, 0.15) is 0 Å². The highest BCUT2D eigenvalue weighted by molar-refractivity contribution is 6.27. The van der Waals surface area contributed by atoms with Crippen molar-refractivity contribution in [2.24, 2.45) is 14.1 Å². The summed E-state index contributed by atoms with van der Waals surface area (Å²) >= 11 is 0. The average Bonchev–Trinajstić information content (AvgIpc) is 3.98. The largest absolute Gasteiger partial charge is 0.416 e. The Morgan fingerprint density at radius 1 is 0.450 bits per heavy atom. The van der Waals surface area contributed by atoms with Crippen molar-refractivity contribution in [3.8, 4) is 28.6 Å². The van der Waals surface area contributed by atoms with Crippen LogP contribution < -0.4 is 0 Å². The molecule has 0 unspecified atom stereocenters. The van der Waals surface area contributed by atoms with Crippen LogP contribution in [0.4, 0.5) is 13.2 Å². The first-order chi connectivity index (χ1) is 29.2. The molecule has 8 heteroatoms. The number of halogens is 3. The smallest absolute Gasteiger partial charge is 0.344 e. The van der Waals surface area contributed by atoms with Crippen molar-refractivity contribution < 1.29 is 13.2 Å². The highest BCUT2D eigenvalue weighted by Crippen LogP contribution is 2.48. The fourth-order valence-electron chi connectivity index (χ4n) is 10.1. The molecule has 60 heavy (non-hydrogen) atoms. The zero-order valence-electron chi connectivity index (χ0n) is 32.4. The summed E-state index contributed by atoms with van der Waals surface area (Å²) in [6, 6.07) is 52.7. The number of rotatable bonds is 3. The maximum Gasteiger partial charge on any atom is 0.416 e. The standard InChI is InChI=1S/C52H32F3N5/c1-57-39-18-7-5-16-37(39)48-43(57)24-22-35-33-14-3-9-20-41(33)59(50(35)48)45-27-32(52(53,54)55)28-46(47(45)31-13-11-12-30(26-31)29-56)60-42-21-10-4-15-34(42)36-23-25-44-49(51(36)60)38-17-6-8-19-40(38)58(44)2/h3-28H,1-2H3. The van der Waals surface area contributed by atoms with Gasteiger partial charge in [-0.15, -0.1) is 0 Å². The van der Waals surface area contributed by atoms with Gasteiger partial charge in [0, 0.05) is 73.8 Å². The Labute approximate surface area is 340 Å². The molecule has 0 saturated carbocycles. The van der Waals surface area contributed by atoms with Crippen LogP contribution in [0, 0.1) is 11.3 Å². The number of nitriles is 1. The fraction of sp³-hybridized carbons (Fsp3) is 0.0577. The molecule has 0 radical (unpaired) electrons. The Kier molecular flexibility index (Phi) is 6.94. The Balaban J connectivity index is 1.37. The molecule has 8 aromatic carbocycles. The van der Waals surface area contributed by atoms with Crippen molar-refractivity contribution in [1.29, 1.82) is 5.26 Å². The van der Waals surface area contributed by atoms with Gasteiger partial charge in [0.15, 0.2) is 0 Å². The third kappa shape index (κ3) is 4.52. The van der Waals surface area contributed by atoms with Gasteiger partial charge in [-0.2, -0.15) is 18.4 Å². The molecular formula is C52H32F3N5. The maximum atomic E-state index is 15.8. The normalized spacial score (nSPS) is 12.4. The molecule has 0 N–H and O–H groups in total. The Hall–Kier alpha value is -7.76. The van der Waals surface area contributed by atoms with Gasteiger partial charge >= 0.3 is 6.18 Å². The van der Waals surface area contributed by atoms with Crippen LogP contribution in [0.15, 0.2) is 158 Å². The van der Waals surface area contributed by atoms with Crippen LogP contribution in [0.1, 0.15) is 11.1 Å². The minimum Gasteiger partial charge on any atom is -0.344 e. The summed E-state index contributed by atoms with van der Waals surface area (Å²) in [6.45, 7) is 0. The molecule has 12 aromatic rings. The molecule has 0 aliphatic carbocycles. The number of fused-ring (bicyclic) bond motifs is 14. The molecular weight excluding hydrogens is 752 g/mol. The lowest BCUT2D eigenvalue weighted by molar-refractivity contribution is -0.137. The second kappa shape index (κ2) is 12.1. The first-order valence-corrected chi connectivity index (χ1v) is 19.8. The van der Waals surface area contributed by atoms with Crippen LogP contribution in [-0.4, -0.2) is 18.3 Å². The molecule has 0 fully saturated rings. The SMILES string of the molecule is Cn1c2ccccc2c2c1ccc1c3ccccc3n(-c3cc(C(F)(F)F)cc(-n4c5ccccc5c5ccc6c(c7ccccc7n6C)c54)c3-c3cccc(C#N)c3)c12. The van der Waals surface area contributed by atoms with Gasteiger partial charge in [-0.05, 0) is 66.2 Å². The molecule has 286 valence electrons. The number of nitrogens with zero attached hydrogens (tertiary/aromatic N) is 5. The summed E-state index contributed by atoms with van der Waals surface area (Å²) in [5.74, 6) is 0. The lowest BCUT2D eigenvalue weighted by Crippen LogP contribution is -2.11. The van der Waals surface area contributed by atoms with Gasteiger partial charge in [-0.1, -0.05) is 97.1 Å². The first-order valence-electron chi connectivity index (χ1n) is 19.8. The van der Waals surface area contributed by atoms with Gasteiger partial charge in [0.25, 0.3) is 0 Å². The Bertz CT molecular complexity index is 3650. The fourth-order valence-corrected chi connectivity index (χ4v) is 10.1. The van der Waals surface area contributed by atoms with Gasteiger partial charge in [0.2, 0.25) is 0 Å². The summed E-state index contributed by atoms with van der Waals surface area (Å²) in [6.07, 6.45) is -4.71. The highest BCUT2D eigenvalue weighted by Gasteiger charge is 2.35. The average molecular weight is 784 g/mol. The molecule has 12 rings (SSSR count). The van der Waals surface area contributed by atoms with Crippen LogP contribution in [0.5, 0.6) is 0 Å². The molecule has 0 amide bonds. The van der Waals surface area contributed by atoms with Crippen molar-refractivity contribution in [3.63, 3.8) is 0 Å². The Morgan fingerprint density at radius 3 is 1.37 bits per heavy atom. The van der Waals surface area contributed by atoms with E-state index in [1.54, 1.807) is 12.1 Å². The predicted octanol–water partition coefficient (Wildman–Crippen LogP) is 13.7. The van der Waals surface area contributed by atoms with Gasteiger partial charge in [0.05, 0.1) is 61.7 Å². The number of aryl methyl sites for hydroxylation is 2. The van der Waals surface area contributed by atoms with E-state index >= 15 is 13.2 Å².